The third-order valence-electron chi connectivity index (χ3n) is 1.34. The summed E-state index contributed by atoms with van der Waals surface area (Å²) in [6.45, 7) is 10.8. The third-order valence-corrected chi connectivity index (χ3v) is 1.34. The van der Waals surface area contributed by atoms with Gasteiger partial charge in [0.25, 0.3) is 0 Å². The number of hydrogen-bond acceptors (Lipinski definition) is 0. The summed E-state index contributed by atoms with van der Waals surface area (Å²) in [6, 6.07) is 0. The van der Waals surface area contributed by atoms with Gasteiger partial charge in [-0.2, -0.15) is 0 Å². The normalized spacial score (nSPS) is 8.09. The van der Waals surface area contributed by atoms with Gasteiger partial charge < -0.3 is 0 Å². The topological polar surface area (TPSA) is 0 Å². The van der Waals surface area contributed by atoms with E-state index in [9.17, 15) is 0 Å². The molecule has 68 valence electrons. The molecular formula is C11H24. The third kappa shape index (κ3) is 26.0. The van der Waals surface area contributed by atoms with Crippen molar-refractivity contribution in [1.82, 2.24) is 0 Å². The van der Waals surface area contributed by atoms with Crippen molar-refractivity contribution in [2.45, 2.75) is 60.3 Å². The van der Waals surface area contributed by atoms with Crippen LogP contribution in [0.4, 0.5) is 0 Å². The van der Waals surface area contributed by atoms with E-state index in [1.165, 1.54) is 31.3 Å². The molecule has 0 nitrogen and oxygen atoms in total. The van der Waals surface area contributed by atoms with Gasteiger partial charge in [0.15, 0.2) is 0 Å². The van der Waals surface area contributed by atoms with Crippen molar-refractivity contribution in [3.8, 4) is 0 Å². The molecule has 0 aliphatic rings. The minimum Gasteiger partial charge on any atom is -0.0859 e. The van der Waals surface area contributed by atoms with E-state index in [0.29, 0.717) is 0 Å². The van der Waals surface area contributed by atoms with E-state index in [2.05, 4.69) is 40.7 Å². The van der Waals surface area contributed by atoms with Gasteiger partial charge in [0.1, 0.15) is 0 Å². The SMILES string of the molecule is CCCC.CCCC=C(C)C. The van der Waals surface area contributed by atoms with Crippen molar-refractivity contribution in [3.63, 3.8) is 0 Å². The predicted octanol–water partition coefficient (Wildman–Crippen LogP) is 4.56. The van der Waals surface area contributed by atoms with Gasteiger partial charge in [-0.15, -0.1) is 0 Å². The first-order chi connectivity index (χ1) is 5.18. The Morgan fingerprint density at radius 1 is 0.909 bits per heavy atom. The lowest BCUT2D eigenvalue weighted by molar-refractivity contribution is 0.886. The van der Waals surface area contributed by atoms with Crippen LogP contribution in [0, 0.1) is 0 Å². The molecule has 0 saturated carbocycles. The Labute approximate surface area is 72.7 Å². The van der Waals surface area contributed by atoms with Crippen molar-refractivity contribution in [3.05, 3.63) is 11.6 Å². The Bertz CT molecular complexity index is 74.0. The van der Waals surface area contributed by atoms with E-state index in [4.69, 9.17) is 0 Å². The van der Waals surface area contributed by atoms with Crippen molar-refractivity contribution < 1.29 is 0 Å². The predicted molar refractivity (Wildman–Crippen MR) is 54.9 cm³/mol. The summed E-state index contributed by atoms with van der Waals surface area (Å²) in [6.07, 6.45) is 7.41. The molecule has 0 N–H and O–H groups in total. The lowest BCUT2D eigenvalue weighted by Crippen LogP contribution is -1.64. The fourth-order valence-electron chi connectivity index (χ4n) is 0.433. The maximum absolute atomic E-state index is 2.26. The Kier molecular flexibility index (Phi) is 15.1. The first-order valence-corrected chi connectivity index (χ1v) is 4.82. The molecule has 0 amide bonds. The smallest absolute Gasteiger partial charge is 0.0351 e. The number of allylic oxidation sites excluding steroid dienone is 2. The average molecular weight is 156 g/mol. The highest BCUT2D eigenvalue weighted by molar-refractivity contribution is 4.92. The van der Waals surface area contributed by atoms with E-state index < -0.39 is 0 Å². The highest BCUT2D eigenvalue weighted by atomic mass is 13.8. The zero-order chi connectivity index (χ0) is 9.11. The van der Waals surface area contributed by atoms with E-state index in [-0.39, 0.29) is 0 Å². The molecule has 11 heavy (non-hydrogen) atoms. The van der Waals surface area contributed by atoms with E-state index >= 15 is 0 Å². The van der Waals surface area contributed by atoms with Crippen molar-refractivity contribution in [2.24, 2.45) is 0 Å². The van der Waals surface area contributed by atoms with Gasteiger partial charge in [-0.3, -0.25) is 0 Å². The van der Waals surface area contributed by atoms with E-state index in [0.717, 1.165) is 0 Å². The van der Waals surface area contributed by atoms with Crippen molar-refractivity contribution in [1.29, 1.82) is 0 Å². The number of rotatable bonds is 3. The lowest BCUT2D eigenvalue weighted by Gasteiger charge is -1.85. The van der Waals surface area contributed by atoms with Crippen LogP contribution in [0.5, 0.6) is 0 Å². The molecule has 0 rings (SSSR count). The molecule has 0 spiro atoms. The van der Waals surface area contributed by atoms with Crippen molar-refractivity contribution in [2.75, 3.05) is 0 Å². The summed E-state index contributed by atoms with van der Waals surface area (Å²) in [7, 11) is 0. The minimum atomic E-state index is 1.24. The van der Waals surface area contributed by atoms with Gasteiger partial charge in [0.05, 0.1) is 0 Å². The first-order valence-electron chi connectivity index (χ1n) is 4.82. The zero-order valence-corrected chi connectivity index (χ0v) is 8.91. The second kappa shape index (κ2) is 12.4. The fraction of sp³-hybridized carbons (Fsp3) is 0.818. The molecular weight excluding hydrogens is 132 g/mol. The summed E-state index contributed by atoms with van der Waals surface area (Å²) in [5.74, 6) is 0. The quantitative estimate of drug-likeness (QED) is 0.525. The summed E-state index contributed by atoms with van der Waals surface area (Å²) in [5.41, 5.74) is 1.43. The maximum Gasteiger partial charge on any atom is -0.0351 e. The number of hydrogen-bond donors (Lipinski definition) is 0. The van der Waals surface area contributed by atoms with Gasteiger partial charge >= 0.3 is 0 Å². The van der Waals surface area contributed by atoms with Crippen LogP contribution in [0.15, 0.2) is 11.6 Å². The van der Waals surface area contributed by atoms with E-state index in [1.54, 1.807) is 0 Å². The standard InChI is InChI=1S/C7H14.C4H10/c1-4-5-6-7(2)3;1-3-4-2/h6H,4-5H2,1-3H3;3-4H2,1-2H3. The highest BCUT2D eigenvalue weighted by Crippen LogP contribution is 1.94. The van der Waals surface area contributed by atoms with Crippen LogP contribution < -0.4 is 0 Å². The minimum absolute atomic E-state index is 1.24. The summed E-state index contributed by atoms with van der Waals surface area (Å²) < 4.78 is 0. The van der Waals surface area contributed by atoms with E-state index in [1.807, 2.05) is 0 Å². The van der Waals surface area contributed by atoms with Crippen LogP contribution in [0.25, 0.3) is 0 Å². The van der Waals surface area contributed by atoms with Gasteiger partial charge in [-0.25, -0.2) is 0 Å². The molecule has 0 aliphatic heterocycles. The Morgan fingerprint density at radius 2 is 1.36 bits per heavy atom. The molecule has 0 unspecified atom stereocenters. The van der Waals surface area contributed by atoms with Gasteiger partial charge in [-0.1, -0.05) is 51.7 Å². The molecule has 0 atom stereocenters. The molecule has 0 aromatic heterocycles. The maximum atomic E-state index is 2.26. The zero-order valence-electron chi connectivity index (χ0n) is 8.91. The Balaban J connectivity index is 0. The molecule has 0 heterocycles. The first kappa shape index (κ1) is 13.3. The largest absolute Gasteiger partial charge is 0.0859 e. The Hall–Kier alpha value is -0.260. The molecule has 0 radical (unpaired) electrons. The second-order valence-corrected chi connectivity index (χ2v) is 3.07. The lowest BCUT2D eigenvalue weighted by atomic mass is 10.2. The van der Waals surface area contributed by atoms with Crippen LogP contribution in [-0.4, -0.2) is 0 Å². The summed E-state index contributed by atoms with van der Waals surface area (Å²) in [4.78, 5) is 0. The highest BCUT2D eigenvalue weighted by Gasteiger charge is 1.73. The van der Waals surface area contributed by atoms with Crippen LogP contribution >= 0.6 is 0 Å². The molecule has 0 heteroatoms. The van der Waals surface area contributed by atoms with Crippen LogP contribution in [0.3, 0.4) is 0 Å². The van der Waals surface area contributed by atoms with Gasteiger partial charge in [-0.05, 0) is 20.3 Å². The monoisotopic (exact) mass is 156 g/mol. The number of unbranched alkanes of at least 4 members (excludes halogenated alkanes) is 2. The molecule has 0 bridgehead atoms. The fourth-order valence-corrected chi connectivity index (χ4v) is 0.433. The summed E-state index contributed by atoms with van der Waals surface area (Å²) in [5, 5.41) is 0. The van der Waals surface area contributed by atoms with Crippen LogP contribution in [-0.2, 0) is 0 Å². The van der Waals surface area contributed by atoms with Gasteiger partial charge in [0.2, 0.25) is 0 Å². The Morgan fingerprint density at radius 3 is 1.45 bits per heavy atom. The van der Waals surface area contributed by atoms with Crippen LogP contribution in [0.2, 0.25) is 0 Å². The average Bonchev–Trinajstić information content (AvgIpc) is 2.01. The summed E-state index contributed by atoms with van der Waals surface area (Å²) >= 11 is 0. The molecule has 0 aromatic carbocycles. The molecule has 0 aromatic rings. The molecule has 0 saturated heterocycles. The second-order valence-electron chi connectivity index (χ2n) is 3.07. The molecule has 0 fully saturated rings. The molecule has 0 aliphatic carbocycles. The van der Waals surface area contributed by atoms with Crippen LogP contribution in [0.1, 0.15) is 60.3 Å². The van der Waals surface area contributed by atoms with Crippen molar-refractivity contribution >= 4 is 0 Å². The van der Waals surface area contributed by atoms with Gasteiger partial charge in [0, 0.05) is 0 Å².